The van der Waals surface area contributed by atoms with Crippen molar-refractivity contribution < 1.29 is 19.7 Å². The molecule has 0 spiro atoms. The predicted octanol–water partition coefficient (Wildman–Crippen LogP) is 0.500. The minimum Gasteiger partial charge on any atom is -0.508 e. The van der Waals surface area contributed by atoms with Crippen molar-refractivity contribution in [1.29, 1.82) is 0 Å². The van der Waals surface area contributed by atoms with Gasteiger partial charge < -0.3 is 19.8 Å². The normalized spacial score (nSPS) is 14.6. The number of hydrogen-bond acceptors (Lipinski definition) is 4. The zero-order valence-corrected chi connectivity index (χ0v) is 8.72. The molecule has 0 aliphatic carbocycles. The van der Waals surface area contributed by atoms with E-state index in [9.17, 15) is 9.90 Å². The Labute approximate surface area is 92.9 Å². The first kappa shape index (κ1) is 10.8. The number of phenolic OH excluding ortho intramolecular Hbond substituents is 1. The highest BCUT2D eigenvalue weighted by Crippen LogP contribution is 2.34. The molecule has 16 heavy (non-hydrogen) atoms. The summed E-state index contributed by atoms with van der Waals surface area (Å²) < 4.78 is 5.24. The van der Waals surface area contributed by atoms with Gasteiger partial charge in [-0.15, -0.1) is 0 Å². The number of amides is 1. The summed E-state index contributed by atoms with van der Waals surface area (Å²) in [5, 5.41) is 18.1. The van der Waals surface area contributed by atoms with Crippen molar-refractivity contribution in [3.8, 4) is 11.5 Å². The second-order valence-corrected chi connectivity index (χ2v) is 3.56. The van der Waals surface area contributed by atoms with Crippen molar-refractivity contribution in [1.82, 2.24) is 0 Å². The second-order valence-electron chi connectivity index (χ2n) is 3.56. The molecule has 1 heterocycles. The Morgan fingerprint density at radius 3 is 3.00 bits per heavy atom. The number of aliphatic hydroxyl groups excluding tert-OH is 1. The summed E-state index contributed by atoms with van der Waals surface area (Å²) in [5.41, 5.74) is 0.560. The topological polar surface area (TPSA) is 70.0 Å². The van der Waals surface area contributed by atoms with Crippen LogP contribution in [0.25, 0.3) is 0 Å². The first-order chi connectivity index (χ1) is 7.72. The van der Waals surface area contributed by atoms with Gasteiger partial charge >= 0.3 is 0 Å². The fourth-order valence-electron chi connectivity index (χ4n) is 1.66. The second kappa shape index (κ2) is 4.40. The maximum Gasteiger partial charge on any atom is 0.265 e. The molecule has 1 aliphatic heterocycles. The van der Waals surface area contributed by atoms with E-state index in [4.69, 9.17) is 9.84 Å². The minimum absolute atomic E-state index is 0.00318. The third-order valence-corrected chi connectivity index (χ3v) is 2.43. The first-order valence-electron chi connectivity index (χ1n) is 5.09. The van der Waals surface area contributed by atoms with Gasteiger partial charge in [0.1, 0.15) is 11.5 Å². The Bertz CT molecular complexity index is 405. The smallest absolute Gasteiger partial charge is 0.265 e. The lowest BCUT2D eigenvalue weighted by molar-refractivity contribution is -0.121. The highest BCUT2D eigenvalue weighted by molar-refractivity contribution is 5.98. The van der Waals surface area contributed by atoms with Crippen LogP contribution < -0.4 is 9.64 Å². The molecule has 1 aromatic rings. The SMILES string of the molecule is O=C1COc2ccc(O)cc2N1CCCO. The predicted molar refractivity (Wildman–Crippen MR) is 57.7 cm³/mol. The molecule has 0 aromatic heterocycles. The lowest BCUT2D eigenvalue weighted by Gasteiger charge is -2.29. The zero-order valence-electron chi connectivity index (χ0n) is 8.72. The van der Waals surface area contributed by atoms with Gasteiger partial charge in [0.2, 0.25) is 0 Å². The molecule has 1 aromatic carbocycles. The number of ether oxygens (including phenoxy) is 1. The lowest BCUT2D eigenvalue weighted by Crippen LogP contribution is -2.39. The molecule has 5 nitrogen and oxygen atoms in total. The van der Waals surface area contributed by atoms with Crippen molar-refractivity contribution >= 4 is 11.6 Å². The maximum absolute atomic E-state index is 11.6. The van der Waals surface area contributed by atoms with E-state index in [1.54, 1.807) is 6.07 Å². The molecule has 0 unspecified atom stereocenters. The van der Waals surface area contributed by atoms with Crippen molar-refractivity contribution in [3.63, 3.8) is 0 Å². The quantitative estimate of drug-likeness (QED) is 0.782. The number of rotatable bonds is 3. The maximum atomic E-state index is 11.6. The van der Waals surface area contributed by atoms with Crippen LogP contribution in [-0.2, 0) is 4.79 Å². The first-order valence-corrected chi connectivity index (χ1v) is 5.09. The third kappa shape index (κ3) is 1.94. The van der Waals surface area contributed by atoms with Crippen LogP contribution in [0.15, 0.2) is 18.2 Å². The number of hydrogen-bond donors (Lipinski definition) is 2. The van der Waals surface area contributed by atoms with E-state index in [2.05, 4.69) is 0 Å². The van der Waals surface area contributed by atoms with Gasteiger partial charge in [-0.3, -0.25) is 4.79 Å². The van der Waals surface area contributed by atoms with Crippen LogP contribution in [-0.4, -0.2) is 35.9 Å². The number of carbonyl (C=O) groups excluding carboxylic acids is 1. The van der Waals surface area contributed by atoms with Crippen LogP contribution in [0, 0.1) is 0 Å². The Morgan fingerprint density at radius 1 is 1.44 bits per heavy atom. The van der Waals surface area contributed by atoms with Gasteiger partial charge in [0.25, 0.3) is 5.91 Å². The molecule has 0 radical (unpaired) electrons. The van der Waals surface area contributed by atoms with E-state index in [1.807, 2.05) is 0 Å². The molecular formula is C11H13NO4. The van der Waals surface area contributed by atoms with Gasteiger partial charge in [0.15, 0.2) is 6.61 Å². The molecule has 1 aliphatic rings. The molecule has 1 amide bonds. The summed E-state index contributed by atoms with van der Waals surface area (Å²) in [4.78, 5) is 13.1. The van der Waals surface area contributed by atoms with Crippen LogP contribution in [0.1, 0.15) is 6.42 Å². The lowest BCUT2D eigenvalue weighted by atomic mass is 10.2. The van der Waals surface area contributed by atoms with Crippen LogP contribution in [0.5, 0.6) is 11.5 Å². The van der Waals surface area contributed by atoms with Gasteiger partial charge in [-0.1, -0.05) is 0 Å². The summed E-state index contributed by atoms with van der Waals surface area (Å²) in [6, 6.07) is 4.63. The molecule has 0 fully saturated rings. The Kier molecular flexibility index (Phi) is 2.96. The Morgan fingerprint density at radius 2 is 2.25 bits per heavy atom. The van der Waals surface area contributed by atoms with Crippen molar-refractivity contribution in [3.05, 3.63) is 18.2 Å². The molecule has 86 valence electrons. The number of aliphatic hydroxyl groups is 1. The van der Waals surface area contributed by atoms with E-state index in [1.165, 1.54) is 17.0 Å². The number of nitrogens with zero attached hydrogens (tertiary/aromatic N) is 1. The van der Waals surface area contributed by atoms with Gasteiger partial charge in [-0.25, -0.2) is 0 Å². The summed E-state index contributed by atoms with van der Waals surface area (Å²) in [6.07, 6.45) is 0.501. The van der Waals surface area contributed by atoms with E-state index in [0.29, 0.717) is 24.4 Å². The highest BCUT2D eigenvalue weighted by Gasteiger charge is 2.25. The molecule has 0 saturated carbocycles. The highest BCUT2D eigenvalue weighted by atomic mass is 16.5. The molecule has 0 atom stereocenters. The number of anilines is 1. The average molecular weight is 223 g/mol. The van der Waals surface area contributed by atoms with Crippen molar-refractivity contribution in [2.45, 2.75) is 6.42 Å². The Balaban J connectivity index is 2.31. The minimum atomic E-state index is -0.161. The Hall–Kier alpha value is -1.75. The van der Waals surface area contributed by atoms with Gasteiger partial charge in [-0.2, -0.15) is 0 Å². The van der Waals surface area contributed by atoms with Crippen molar-refractivity contribution in [2.75, 3.05) is 24.7 Å². The number of aromatic hydroxyl groups is 1. The molecule has 0 bridgehead atoms. The summed E-state index contributed by atoms with van der Waals surface area (Å²) in [7, 11) is 0. The zero-order chi connectivity index (χ0) is 11.5. The van der Waals surface area contributed by atoms with Crippen LogP contribution in [0.2, 0.25) is 0 Å². The summed E-state index contributed by atoms with van der Waals surface area (Å²) in [6.45, 7) is 0.455. The van der Waals surface area contributed by atoms with E-state index >= 15 is 0 Å². The number of phenols is 1. The number of benzene rings is 1. The number of fused-ring (bicyclic) bond motifs is 1. The van der Waals surface area contributed by atoms with Gasteiger partial charge in [-0.05, 0) is 18.6 Å². The third-order valence-electron chi connectivity index (χ3n) is 2.43. The van der Waals surface area contributed by atoms with Crippen molar-refractivity contribution in [2.24, 2.45) is 0 Å². The van der Waals surface area contributed by atoms with Crippen LogP contribution >= 0.6 is 0 Å². The fraction of sp³-hybridized carbons (Fsp3) is 0.364. The van der Waals surface area contributed by atoms with Crippen LogP contribution in [0.4, 0.5) is 5.69 Å². The average Bonchev–Trinajstić information content (AvgIpc) is 2.28. The largest absolute Gasteiger partial charge is 0.508 e. The number of carbonyl (C=O) groups is 1. The molecule has 0 saturated heterocycles. The van der Waals surface area contributed by atoms with Gasteiger partial charge in [0.05, 0.1) is 5.69 Å². The van der Waals surface area contributed by atoms with Crippen LogP contribution in [0.3, 0.4) is 0 Å². The van der Waals surface area contributed by atoms with Gasteiger partial charge in [0, 0.05) is 19.2 Å². The van der Waals surface area contributed by atoms with E-state index in [0.717, 1.165) is 0 Å². The molecule has 2 N–H and O–H groups in total. The molecule has 2 rings (SSSR count). The van der Waals surface area contributed by atoms with E-state index < -0.39 is 0 Å². The standard InChI is InChI=1S/C11H13NO4/c13-5-1-4-12-9-6-8(14)2-3-10(9)16-7-11(12)15/h2-3,6,13-14H,1,4-5,7H2. The summed E-state index contributed by atoms with van der Waals surface area (Å²) >= 11 is 0. The monoisotopic (exact) mass is 223 g/mol. The fourth-order valence-corrected chi connectivity index (χ4v) is 1.66. The molecular weight excluding hydrogens is 210 g/mol. The van der Waals surface area contributed by atoms with E-state index in [-0.39, 0.29) is 24.9 Å². The summed E-state index contributed by atoms with van der Waals surface area (Å²) in [5.74, 6) is 0.507. The molecule has 5 heteroatoms.